The smallest absolute Gasteiger partial charge is 0.234 e. The maximum atomic E-state index is 9.11. The standard InChI is InChI=1S/C4H8.C3H5NO.C2H4O/c1-4(2)3;1-2-4-3-5;1-2-3-1/h1H2,2-3H3;2H2,1H3;1-2H2. The summed E-state index contributed by atoms with van der Waals surface area (Å²) in [6, 6.07) is 0. The van der Waals surface area contributed by atoms with Crippen LogP contribution in [0, 0.1) is 0 Å². The number of ether oxygens (including phenoxy) is 1. The minimum atomic E-state index is 0.545. The Balaban J connectivity index is 0. The normalized spacial score (nSPS) is 10.6. The number of epoxide rings is 1. The first-order chi connectivity index (χ1) is 5.65. The molecule has 3 heteroatoms. The van der Waals surface area contributed by atoms with Crippen LogP contribution in [0.15, 0.2) is 17.1 Å². The summed E-state index contributed by atoms with van der Waals surface area (Å²) in [6.07, 6.45) is 1.39. The van der Waals surface area contributed by atoms with E-state index in [9.17, 15) is 0 Å². The van der Waals surface area contributed by atoms with Crippen LogP contribution in [-0.2, 0) is 9.53 Å². The van der Waals surface area contributed by atoms with Crippen LogP contribution >= 0.6 is 0 Å². The van der Waals surface area contributed by atoms with Crippen LogP contribution < -0.4 is 0 Å². The van der Waals surface area contributed by atoms with E-state index in [1.807, 2.05) is 13.8 Å². The maximum Gasteiger partial charge on any atom is 0.234 e. The second-order valence-electron chi connectivity index (χ2n) is 2.39. The lowest BCUT2D eigenvalue weighted by molar-refractivity contribution is 0.475. The van der Waals surface area contributed by atoms with E-state index in [0.29, 0.717) is 6.54 Å². The van der Waals surface area contributed by atoms with E-state index in [1.54, 1.807) is 6.92 Å². The summed E-state index contributed by atoms with van der Waals surface area (Å²) in [5.74, 6) is 0. The first-order valence-corrected chi connectivity index (χ1v) is 3.88. The number of hydrogen-bond donors (Lipinski definition) is 0. The SMILES string of the molecule is C1CO1.C=C(C)C.CCN=C=O. The number of nitrogens with zero attached hydrogens (tertiary/aromatic N) is 1. The van der Waals surface area contributed by atoms with Crippen LogP contribution in [0.25, 0.3) is 0 Å². The fraction of sp³-hybridized carbons (Fsp3) is 0.667. The van der Waals surface area contributed by atoms with E-state index >= 15 is 0 Å². The molecule has 1 fully saturated rings. The van der Waals surface area contributed by atoms with Gasteiger partial charge in [0.1, 0.15) is 0 Å². The third-order valence-corrected chi connectivity index (χ3v) is 0.427. The highest BCUT2D eigenvalue weighted by atomic mass is 16.6. The number of hydrogen-bond acceptors (Lipinski definition) is 3. The number of carbonyl (C=O) groups excluding carboxylic acids is 1. The predicted molar refractivity (Wildman–Crippen MR) is 50.0 cm³/mol. The summed E-state index contributed by atoms with van der Waals surface area (Å²) in [6.45, 7) is 11.8. The number of isocyanates is 1. The van der Waals surface area contributed by atoms with E-state index < -0.39 is 0 Å². The topological polar surface area (TPSA) is 42.0 Å². The molecular formula is C9H17NO2. The summed E-state index contributed by atoms with van der Waals surface area (Å²) >= 11 is 0. The molecule has 1 heterocycles. The van der Waals surface area contributed by atoms with Gasteiger partial charge in [0, 0.05) is 6.54 Å². The Hall–Kier alpha value is -0.920. The predicted octanol–water partition coefficient (Wildman–Crippen LogP) is 1.94. The zero-order chi connectivity index (χ0) is 9.82. The molecule has 1 aliphatic heterocycles. The Morgan fingerprint density at radius 2 is 1.92 bits per heavy atom. The molecular weight excluding hydrogens is 154 g/mol. The van der Waals surface area contributed by atoms with Crippen molar-refractivity contribution < 1.29 is 9.53 Å². The molecule has 0 radical (unpaired) electrons. The van der Waals surface area contributed by atoms with Gasteiger partial charge in [0.25, 0.3) is 0 Å². The van der Waals surface area contributed by atoms with Crippen molar-refractivity contribution >= 4 is 6.08 Å². The van der Waals surface area contributed by atoms with Crippen LogP contribution in [-0.4, -0.2) is 25.8 Å². The molecule has 1 aliphatic rings. The van der Waals surface area contributed by atoms with Crippen molar-refractivity contribution in [2.45, 2.75) is 20.8 Å². The lowest BCUT2D eigenvalue weighted by Crippen LogP contribution is -1.58. The van der Waals surface area contributed by atoms with Crippen molar-refractivity contribution in [1.29, 1.82) is 0 Å². The van der Waals surface area contributed by atoms with Crippen molar-refractivity contribution in [2.75, 3.05) is 19.8 Å². The highest BCUT2D eigenvalue weighted by Gasteiger charge is 1.94. The van der Waals surface area contributed by atoms with Gasteiger partial charge in [-0.05, 0) is 20.8 Å². The van der Waals surface area contributed by atoms with Gasteiger partial charge >= 0.3 is 0 Å². The average Bonchev–Trinajstić information content (AvgIpc) is 2.71. The molecule has 0 unspecified atom stereocenters. The van der Waals surface area contributed by atoms with Gasteiger partial charge in [-0.25, -0.2) is 9.79 Å². The van der Waals surface area contributed by atoms with E-state index in [0.717, 1.165) is 13.2 Å². The molecule has 12 heavy (non-hydrogen) atoms. The molecule has 70 valence electrons. The first-order valence-electron chi connectivity index (χ1n) is 3.88. The summed E-state index contributed by atoms with van der Waals surface area (Å²) in [5, 5.41) is 0. The Bertz CT molecular complexity index is 140. The van der Waals surface area contributed by atoms with E-state index in [1.165, 1.54) is 11.7 Å². The van der Waals surface area contributed by atoms with Crippen LogP contribution in [0.4, 0.5) is 0 Å². The molecule has 1 saturated heterocycles. The van der Waals surface area contributed by atoms with Crippen LogP contribution in [0.3, 0.4) is 0 Å². The van der Waals surface area contributed by atoms with Crippen LogP contribution in [0.5, 0.6) is 0 Å². The van der Waals surface area contributed by atoms with Crippen molar-refractivity contribution in [3.63, 3.8) is 0 Å². The van der Waals surface area contributed by atoms with Crippen LogP contribution in [0.1, 0.15) is 20.8 Å². The number of aliphatic imine (C=N–C) groups is 1. The Morgan fingerprint density at radius 3 is 1.92 bits per heavy atom. The molecule has 1 rings (SSSR count). The van der Waals surface area contributed by atoms with Gasteiger partial charge in [-0.1, -0.05) is 5.57 Å². The third-order valence-electron chi connectivity index (χ3n) is 0.427. The fourth-order valence-electron chi connectivity index (χ4n) is 0.0645. The number of allylic oxidation sites excluding steroid dienone is 1. The molecule has 0 N–H and O–H groups in total. The summed E-state index contributed by atoms with van der Waals surface area (Å²) in [7, 11) is 0. The monoisotopic (exact) mass is 171 g/mol. The van der Waals surface area contributed by atoms with E-state index in [4.69, 9.17) is 4.79 Å². The van der Waals surface area contributed by atoms with Crippen LogP contribution in [0.2, 0.25) is 0 Å². The van der Waals surface area contributed by atoms with E-state index in [2.05, 4.69) is 16.3 Å². The van der Waals surface area contributed by atoms with Crippen molar-refractivity contribution in [1.82, 2.24) is 0 Å². The molecule has 0 aromatic heterocycles. The molecule has 0 atom stereocenters. The molecule has 0 bridgehead atoms. The minimum absolute atomic E-state index is 0.545. The zero-order valence-corrected chi connectivity index (χ0v) is 8.09. The van der Waals surface area contributed by atoms with Gasteiger partial charge in [0.05, 0.1) is 13.2 Å². The third kappa shape index (κ3) is 137. The van der Waals surface area contributed by atoms with E-state index in [-0.39, 0.29) is 0 Å². The summed E-state index contributed by atoms with van der Waals surface area (Å²) < 4.78 is 4.50. The van der Waals surface area contributed by atoms with Gasteiger partial charge in [-0.2, -0.15) is 0 Å². The summed E-state index contributed by atoms with van der Waals surface area (Å²) in [4.78, 5) is 12.3. The second-order valence-corrected chi connectivity index (χ2v) is 2.39. The van der Waals surface area contributed by atoms with Gasteiger partial charge in [-0.15, -0.1) is 6.58 Å². The molecule has 0 saturated carbocycles. The van der Waals surface area contributed by atoms with Gasteiger partial charge in [0.2, 0.25) is 6.08 Å². The number of rotatable bonds is 1. The quantitative estimate of drug-likeness (QED) is 0.262. The second kappa shape index (κ2) is 12.7. The highest BCUT2D eigenvalue weighted by molar-refractivity contribution is 5.32. The Labute approximate surface area is 74.1 Å². The zero-order valence-electron chi connectivity index (χ0n) is 8.09. The van der Waals surface area contributed by atoms with Gasteiger partial charge in [0.15, 0.2) is 0 Å². The molecule has 0 aliphatic carbocycles. The minimum Gasteiger partial charge on any atom is -0.377 e. The van der Waals surface area contributed by atoms with Crippen molar-refractivity contribution in [3.8, 4) is 0 Å². The first kappa shape index (κ1) is 13.7. The highest BCUT2D eigenvalue weighted by Crippen LogP contribution is 1.84. The lowest BCUT2D eigenvalue weighted by Gasteiger charge is -1.65. The molecule has 0 aromatic rings. The largest absolute Gasteiger partial charge is 0.377 e. The fourth-order valence-corrected chi connectivity index (χ4v) is 0.0645. The molecule has 0 amide bonds. The van der Waals surface area contributed by atoms with Crippen molar-refractivity contribution in [2.24, 2.45) is 4.99 Å². The van der Waals surface area contributed by atoms with Gasteiger partial charge < -0.3 is 4.74 Å². The summed E-state index contributed by atoms with van der Waals surface area (Å²) in [5.41, 5.74) is 1.17. The lowest BCUT2D eigenvalue weighted by atomic mass is 10.4. The van der Waals surface area contributed by atoms with Gasteiger partial charge in [-0.3, -0.25) is 0 Å². The Kier molecular flexibility index (Phi) is 14.5. The van der Waals surface area contributed by atoms with Crippen molar-refractivity contribution in [3.05, 3.63) is 12.2 Å². The molecule has 3 nitrogen and oxygen atoms in total. The molecule has 0 spiro atoms. The maximum absolute atomic E-state index is 9.11. The Morgan fingerprint density at radius 1 is 1.58 bits per heavy atom. The average molecular weight is 171 g/mol. The molecule has 0 aromatic carbocycles.